The molecular weight excluding hydrogens is 330 g/mol. The van der Waals surface area contributed by atoms with Gasteiger partial charge < -0.3 is 20.4 Å². The molecule has 6 nitrogen and oxygen atoms in total. The molecular formula is C20H21N3O3. The van der Waals surface area contributed by atoms with E-state index in [0.29, 0.717) is 22.7 Å². The lowest BCUT2D eigenvalue weighted by Gasteiger charge is -2.12. The van der Waals surface area contributed by atoms with E-state index in [-0.39, 0.29) is 11.8 Å². The van der Waals surface area contributed by atoms with E-state index in [1.807, 2.05) is 26.0 Å². The van der Waals surface area contributed by atoms with E-state index < -0.39 is 0 Å². The summed E-state index contributed by atoms with van der Waals surface area (Å²) in [6, 6.07) is 10.6. The molecule has 0 radical (unpaired) electrons. The molecule has 0 spiro atoms. The highest BCUT2D eigenvalue weighted by Gasteiger charge is 2.13. The third-order valence-corrected chi connectivity index (χ3v) is 4.34. The lowest BCUT2D eigenvalue weighted by molar-refractivity contribution is -0.114. The molecule has 2 amide bonds. The number of anilines is 2. The van der Waals surface area contributed by atoms with Crippen LogP contribution in [0.2, 0.25) is 0 Å². The van der Waals surface area contributed by atoms with Crippen molar-refractivity contribution >= 4 is 34.1 Å². The molecule has 1 heterocycles. The van der Waals surface area contributed by atoms with Gasteiger partial charge in [-0.1, -0.05) is 0 Å². The van der Waals surface area contributed by atoms with Crippen molar-refractivity contribution in [3.05, 3.63) is 53.2 Å². The summed E-state index contributed by atoms with van der Waals surface area (Å²) in [5.41, 5.74) is 4.84. The first-order valence-corrected chi connectivity index (χ1v) is 8.25. The zero-order valence-electron chi connectivity index (χ0n) is 15.2. The Bertz CT molecular complexity index is 1000. The van der Waals surface area contributed by atoms with Gasteiger partial charge in [-0.3, -0.25) is 9.59 Å². The Balaban J connectivity index is 1.91. The highest BCUT2D eigenvalue weighted by Crippen LogP contribution is 2.29. The summed E-state index contributed by atoms with van der Waals surface area (Å²) in [6.45, 7) is 5.46. The number of aromatic nitrogens is 1. The van der Waals surface area contributed by atoms with Crippen molar-refractivity contribution in [1.82, 2.24) is 4.98 Å². The molecule has 3 aromatic rings. The number of methoxy groups -OCH3 is 1. The molecule has 0 saturated carbocycles. The first-order valence-electron chi connectivity index (χ1n) is 8.25. The van der Waals surface area contributed by atoms with Crippen molar-refractivity contribution in [3.8, 4) is 5.75 Å². The van der Waals surface area contributed by atoms with Gasteiger partial charge in [-0.05, 0) is 55.8 Å². The van der Waals surface area contributed by atoms with Crippen LogP contribution in [0.1, 0.15) is 28.5 Å². The van der Waals surface area contributed by atoms with Crippen LogP contribution in [0.3, 0.4) is 0 Å². The maximum atomic E-state index is 12.7. The first kappa shape index (κ1) is 17.5. The van der Waals surface area contributed by atoms with Crippen LogP contribution in [0.4, 0.5) is 11.4 Å². The quantitative estimate of drug-likeness (QED) is 0.664. The summed E-state index contributed by atoms with van der Waals surface area (Å²) in [6.07, 6.45) is 0. The van der Waals surface area contributed by atoms with Gasteiger partial charge in [0.1, 0.15) is 5.75 Å². The van der Waals surface area contributed by atoms with Crippen LogP contribution in [0.5, 0.6) is 5.75 Å². The number of ether oxygens (including phenoxy) is 1. The third-order valence-electron chi connectivity index (χ3n) is 4.34. The number of hydrogen-bond acceptors (Lipinski definition) is 3. The molecule has 0 unspecified atom stereocenters. The lowest BCUT2D eigenvalue weighted by Crippen LogP contribution is -2.13. The Hall–Kier alpha value is -3.28. The average Bonchev–Trinajstić information content (AvgIpc) is 2.88. The van der Waals surface area contributed by atoms with Crippen LogP contribution >= 0.6 is 0 Å². The smallest absolute Gasteiger partial charge is 0.255 e. The molecule has 0 aliphatic heterocycles. The number of nitrogens with one attached hydrogen (secondary N) is 3. The molecule has 0 saturated heterocycles. The summed E-state index contributed by atoms with van der Waals surface area (Å²) in [4.78, 5) is 27.3. The third kappa shape index (κ3) is 3.39. The molecule has 0 atom stereocenters. The Morgan fingerprint density at radius 1 is 1.04 bits per heavy atom. The van der Waals surface area contributed by atoms with Crippen LogP contribution in [-0.2, 0) is 4.79 Å². The summed E-state index contributed by atoms with van der Waals surface area (Å²) in [7, 11) is 1.53. The van der Waals surface area contributed by atoms with Crippen molar-refractivity contribution in [3.63, 3.8) is 0 Å². The van der Waals surface area contributed by atoms with E-state index in [0.717, 1.165) is 22.2 Å². The number of carbonyl (C=O) groups excluding carboxylic acids is 2. The normalized spacial score (nSPS) is 10.6. The van der Waals surface area contributed by atoms with Crippen LogP contribution in [0.15, 0.2) is 36.4 Å². The highest BCUT2D eigenvalue weighted by molar-refractivity contribution is 6.07. The van der Waals surface area contributed by atoms with E-state index in [1.54, 1.807) is 24.3 Å². The van der Waals surface area contributed by atoms with Gasteiger partial charge >= 0.3 is 0 Å². The van der Waals surface area contributed by atoms with Crippen LogP contribution < -0.4 is 15.4 Å². The first-order chi connectivity index (χ1) is 12.4. The fraction of sp³-hybridized carbons (Fsp3) is 0.200. The zero-order chi connectivity index (χ0) is 18.8. The molecule has 134 valence electrons. The van der Waals surface area contributed by atoms with Crippen LogP contribution in [0.25, 0.3) is 10.9 Å². The monoisotopic (exact) mass is 351 g/mol. The second-order valence-corrected chi connectivity index (χ2v) is 6.19. The minimum atomic E-state index is -0.247. The molecule has 26 heavy (non-hydrogen) atoms. The number of rotatable bonds is 4. The van der Waals surface area contributed by atoms with Crippen molar-refractivity contribution in [1.29, 1.82) is 0 Å². The van der Waals surface area contributed by atoms with Gasteiger partial charge in [0.2, 0.25) is 5.91 Å². The number of fused-ring (bicyclic) bond motifs is 1. The Labute approximate surface area is 151 Å². The number of benzene rings is 2. The number of amides is 2. The zero-order valence-corrected chi connectivity index (χ0v) is 15.2. The van der Waals surface area contributed by atoms with E-state index in [9.17, 15) is 9.59 Å². The molecule has 3 N–H and O–H groups in total. The number of H-pyrrole nitrogens is 1. The second-order valence-electron chi connectivity index (χ2n) is 6.19. The van der Waals surface area contributed by atoms with E-state index in [4.69, 9.17) is 4.74 Å². The van der Waals surface area contributed by atoms with Crippen LogP contribution in [-0.4, -0.2) is 23.9 Å². The predicted molar refractivity (Wildman–Crippen MR) is 103 cm³/mol. The fourth-order valence-electron chi connectivity index (χ4n) is 2.88. The van der Waals surface area contributed by atoms with Gasteiger partial charge in [0.25, 0.3) is 5.91 Å². The molecule has 3 rings (SSSR count). The van der Waals surface area contributed by atoms with E-state index in [2.05, 4.69) is 15.6 Å². The van der Waals surface area contributed by atoms with E-state index >= 15 is 0 Å². The average molecular weight is 351 g/mol. The number of aryl methyl sites for hydroxylation is 2. The Morgan fingerprint density at radius 3 is 2.50 bits per heavy atom. The molecule has 0 bridgehead atoms. The van der Waals surface area contributed by atoms with Crippen molar-refractivity contribution in [2.75, 3.05) is 17.7 Å². The summed E-state index contributed by atoms with van der Waals surface area (Å²) in [5.74, 6) is 0.0850. The predicted octanol–water partition coefficient (Wildman–Crippen LogP) is 4.00. The van der Waals surface area contributed by atoms with Gasteiger partial charge in [0.05, 0.1) is 12.8 Å². The lowest BCUT2D eigenvalue weighted by atomic mass is 10.1. The molecule has 1 aromatic heterocycles. The van der Waals surface area contributed by atoms with Crippen molar-refractivity contribution in [2.24, 2.45) is 0 Å². The van der Waals surface area contributed by atoms with Gasteiger partial charge in [-0.25, -0.2) is 0 Å². The number of carbonyl (C=O) groups is 2. The van der Waals surface area contributed by atoms with Gasteiger partial charge in [0.15, 0.2) is 0 Å². The molecule has 0 aliphatic carbocycles. The summed E-state index contributed by atoms with van der Waals surface area (Å²) < 4.78 is 5.30. The van der Waals surface area contributed by atoms with Gasteiger partial charge in [0, 0.05) is 34.8 Å². The maximum absolute atomic E-state index is 12.7. The molecule has 0 fully saturated rings. The topological polar surface area (TPSA) is 83.2 Å². The van der Waals surface area contributed by atoms with Crippen molar-refractivity contribution < 1.29 is 14.3 Å². The summed E-state index contributed by atoms with van der Waals surface area (Å²) >= 11 is 0. The number of hydrogen-bond donors (Lipinski definition) is 3. The fourth-order valence-corrected chi connectivity index (χ4v) is 2.88. The molecule has 0 aliphatic rings. The minimum absolute atomic E-state index is 0.184. The summed E-state index contributed by atoms with van der Waals surface area (Å²) in [5, 5.41) is 6.57. The Morgan fingerprint density at radius 2 is 1.81 bits per heavy atom. The largest absolute Gasteiger partial charge is 0.495 e. The second kappa shape index (κ2) is 6.92. The van der Waals surface area contributed by atoms with Crippen LogP contribution in [0, 0.1) is 13.8 Å². The standard InChI is InChI=1S/C20H21N3O3/c1-11-12(2)21-17-7-5-14(9-16(11)17)20(25)23-18-10-15(22-13(3)24)6-8-19(18)26-4/h5-10,21H,1-4H3,(H,22,24)(H,23,25). The Kier molecular flexibility index (Phi) is 4.67. The van der Waals surface area contributed by atoms with E-state index in [1.165, 1.54) is 14.0 Å². The minimum Gasteiger partial charge on any atom is -0.495 e. The highest BCUT2D eigenvalue weighted by atomic mass is 16.5. The van der Waals surface area contributed by atoms with Gasteiger partial charge in [-0.15, -0.1) is 0 Å². The molecule has 2 aromatic carbocycles. The maximum Gasteiger partial charge on any atom is 0.255 e. The SMILES string of the molecule is COc1ccc(NC(C)=O)cc1NC(=O)c1ccc2[nH]c(C)c(C)c2c1. The van der Waals surface area contributed by atoms with Gasteiger partial charge in [-0.2, -0.15) is 0 Å². The number of aromatic amines is 1. The van der Waals surface area contributed by atoms with Crippen molar-refractivity contribution in [2.45, 2.75) is 20.8 Å². The molecule has 6 heteroatoms.